The number of rotatable bonds is 36. The summed E-state index contributed by atoms with van der Waals surface area (Å²) in [7, 11) is 0. The van der Waals surface area contributed by atoms with Gasteiger partial charge in [0, 0.05) is 0 Å². The maximum absolute atomic E-state index is 2.72. The number of hydrogen-bond acceptors (Lipinski definition) is 1. The summed E-state index contributed by atoms with van der Waals surface area (Å²) in [5.41, 5.74) is 0. The predicted molar refractivity (Wildman–Crippen MR) is 201 cm³/mol. The van der Waals surface area contributed by atoms with Crippen LogP contribution in [0.25, 0.3) is 0 Å². The fourth-order valence-corrected chi connectivity index (χ4v) is 7.42. The second kappa shape index (κ2) is 33.8. The number of nitrogens with zero attached hydrogens (tertiary/aromatic N) is 2. The minimum Gasteiger partial charge on any atom is -0.265 e. The molecule has 0 aliphatic carbocycles. The van der Waals surface area contributed by atoms with Crippen LogP contribution in [0.3, 0.4) is 0 Å². The van der Waals surface area contributed by atoms with E-state index in [1.807, 2.05) is 0 Å². The Morgan fingerprint density at radius 3 is 0.932 bits per heavy atom. The van der Waals surface area contributed by atoms with Gasteiger partial charge in [0.05, 0.1) is 12.6 Å². The fourth-order valence-electron chi connectivity index (χ4n) is 7.42. The second-order valence-corrected chi connectivity index (χ2v) is 14.8. The smallest absolute Gasteiger partial charge is 0.234 e. The highest BCUT2D eigenvalue weighted by Crippen LogP contribution is 2.19. The summed E-state index contributed by atoms with van der Waals surface area (Å²) in [4.78, 5) is 2.52. The Morgan fingerprint density at radius 1 is 0.409 bits per heavy atom. The summed E-state index contributed by atoms with van der Waals surface area (Å²) in [6.45, 7) is 10.6. The first-order valence-electron chi connectivity index (χ1n) is 21.2. The van der Waals surface area contributed by atoms with E-state index in [9.17, 15) is 0 Å². The SMILES string of the molecule is CCCCCCCCCCCCCCCCCCC(CCCCCCCCCCCCCCCCCC)[N+]1=CN(CC)CC1. The maximum Gasteiger partial charge on any atom is 0.234 e. The van der Waals surface area contributed by atoms with E-state index in [2.05, 4.69) is 36.6 Å². The van der Waals surface area contributed by atoms with E-state index in [0.29, 0.717) is 0 Å². The van der Waals surface area contributed by atoms with Gasteiger partial charge in [0.15, 0.2) is 0 Å². The molecule has 262 valence electrons. The van der Waals surface area contributed by atoms with Crippen molar-refractivity contribution in [2.45, 2.75) is 245 Å². The molecule has 0 aromatic heterocycles. The molecule has 0 N–H and O–H groups in total. The molecule has 0 unspecified atom stereocenters. The molecule has 1 aliphatic heterocycles. The van der Waals surface area contributed by atoms with Gasteiger partial charge in [0.2, 0.25) is 6.34 Å². The summed E-state index contributed by atoms with van der Waals surface area (Å²) in [5.74, 6) is 0. The Bertz CT molecular complexity index is 548. The summed E-state index contributed by atoms with van der Waals surface area (Å²) in [5, 5.41) is 0. The number of unbranched alkanes of at least 4 members (excludes halogenated alkanes) is 30. The number of likely N-dealkylation sites (N-methyl/N-ethyl adjacent to an activating group) is 1. The molecule has 44 heavy (non-hydrogen) atoms. The molecule has 1 heterocycles. The third-order valence-electron chi connectivity index (χ3n) is 10.6. The Labute approximate surface area is 280 Å². The molecule has 0 aromatic carbocycles. The molecule has 0 radical (unpaired) electrons. The average Bonchev–Trinajstić information content (AvgIpc) is 3.52. The van der Waals surface area contributed by atoms with Crippen LogP contribution < -0.4 is 0 Å². The highest BCUT2D eigenvalue weighted by atomic mass is 15.3. The maximum atomic E-state index is 2.72. The third-order valence-corrected chi connectivity index (χ3v) is 10.6. The lowest BCUT2D eigenvalue weighted by Gasteiger charge is -2.16. The fraction of sp³-hybridized carbons (Fsp3) is 0.976. The molecular formula is C42H85N2+. The zero-order valence-electron chi connectivity index (χ0n) is 31.2. The standard InChI is InChI=1S/C42H85N2/c1-4-7-9-11-13-15-17-19-21-23-25-27-29-31-33-35-37-42(44-40-39-43(6-3)41-44)38-36-34-32-30-28-26-24-22-20-18-16-14-12-10-8-5-2/h41-42H,4-40H2,1-3H3/q+1. The van der Waals surface area contributed by atoms with Crippen molar-refractivity contribution in [3.63, 3.8) is 0 Å². The van der Waals surface area contributed by atoms with E-state index >= 15 is 0 Å². The van der Waals surface area contributed by atoms with Gasteiger partial charge in [-0.2, -0.15) is 0 Å². The first-order valence-corrected chi connectivity index (χ1v) is 21.2. The highest BCUT2D eigenvalue weighted by molar-refractivity contribution is 5.50. The van der Waals surface area contributed by atoms with Crippen LogP contribution in [0.5, 0.6) is 0 Å². The van der Waals surface area contributed by atoms with Crippen LogP contribution in [0.2, 0.25) is 0 Å². The van der Waals surface area contributed by atoms with Crippen LogP contribution in [-0.4, -0.2) is 41.5 Å². The van der Waals surface area contributed by atoms with E-state index in [-0.39, 0.29) is 0 Å². The van der Waals surface area contributed by atoms with Gasteiger partial charge in [-0.05, 0) is 32.6 Å². The molecule has 1 aliphatic rings. The first-order chi connectivity index (χ1) is 21.8. The van der Waals surface area contributed by atoms with E-state index in [1.54, 1.807) is 0 Å². The molecular weight excluding hydrogens is 532 g/mol. The van der Waals surface area contributed by atoms with Crippen LogP contribution in [0.15, 0.2) is 0 Å². The van der Waals surface area contributed by atoms with Crippen LogP contribution in [0.1, 0.15) is 239 Å². The van der Waals surface area contributed by atoms with E-state index in [4.69, 9.17) is 0 Å². The van der Waals surface area contributed by atoms with Crippen molar-refractivity contribution in [1.82, 2.24) is 4.90 Å². The topological polar surface area (TPSA) is 6.25 Å². The molecule has 0 atom stereocenters. The van der Waals surface area contributed by atoms with Crippen LogP contribution in [0.4, 0.5) is 0 Å². The van der Waals surface area contributed by atoms with E-state index in [1.165, 1.54) is 238 Å². The van der Waals surface area contributed by atoms with Crippen molar-refractivity contribution in [1.29, 1.82) is 0 Å². The third kappa shape index (κ3) is 26.7. The lowest BCUT2D eigenvalue weighted by Crippen LogP contribution is -2.26. The van der Waals surface area contributed by atoms with Crippen molar-refractivity contribution >= 4 is 6.34 Å². The van der Waals surface area contributed by atoms with Gasteiger partial charge in [0.1, 0.15) is 13.1 Å². The molecule has 2 nitrogen and oxygen atoms in total. The summed E-state index contributed by atoms with van der Waals surface area (Å²) in [6, 6.07) is 0.796. The normalized spacial score (nSPS) is 13.5. The Kier molecular flexibility index (Phi) is 31.9. The number of hydrogen-bond donors (Lipinski definition) is 0. The highest BCUT2D eigenvalue weighted by Gasteiger charge is 2.24. The minimum atomic E-state index is 0.796. The monoisotopic (exact) mass is 618 g/mol. The molecule has 0 fully saturated rings. The molecule has 1 rings (SSSR count). The summed E-state index contributed by atoms with van der Waals surface area (Å²) >= 11 is 0. The van der Waals surface area contributed by atoms with Crippen molar-refractivity contribution in [2.75, 3.05) is 19.6 Å². The van der Waals surface area contributed by atoms with E-state index in [0.717, 1.165) is 6.04 Å². The average molecular weight is 618 g/mol. The van der Waals surface area contributed by atoms with Crippen molar-refractivity contribution in [3.8, 4) is 0 Å². The molecule has 0 amide bonds. The van der Waals surface area contributed by atoms with Crippen LogP contribution in [0, 0.1) is 0 Å². The lowest BCUT2D eigenvalue weighted by atomic mass is 9.99. The minimum absolute atomic E-state index is 0.796. The Morgan fingerprint density at radius 2 is 0.682 bits per heavy atom. The molecule has 0 saturated carbocycles. The predicted octanol–water partition coefficient (Wildman–Crippen LogP) is 14.0. The molecule has 0 spiro atoms. The lowest BCUT2D eigenvalue weighted by molar-refractivity contribution is -0.555. The van der Waals surface area contributed by atoms with Crippen molar-refractivity contribution < 1.29 is 4.58 Å². The van der Waals surface area contributed by atoms with Gasteiger partial charge >= 0.3 is 0 Å². The quantitative estimate of drug-likeness (QED) is 0.0500. The summed E-state index contributed by atoms with van der Waals surface area (Å²) < 4.78 is 2.72. The molecule has 0 bridgehead atoms. The van der Waals surface area contributed by atoms with Crippen molar-refractivity contribution in [2.24, 2.45) is 0 Å². The van der Waals surface area contributed by atoms with Gasteiger partial charge in [-0.25, -0.2) is 0 Å². The second-order valence-electron chi connectivity index (χ2n) is 14.8. The molecule has 2 heteroatoms. The van der Waals surface area contributed by atoms with Gasteiger partial charge in [-0.1, -0.05) is 206 Å². The Hall–Kier alpha value is -0.530. The summed E-state index contributed by atoms with van der Waals surface area (Å²) in [6.07, 6.45) is 52.2. The zero-order chi connectivity index (χ0) is 31.6. The van der Waals surface area contributed by atoms with Gasteiger partial charge in [-0.15, -0.1) is 0 Å². The largest absolute Gasteiger partial charge is 0.265 e. The van der Waals surface area contributed by atoms with Gasteiger partial charge < -0.3 is 0 Å². The molecule has 0 saturated heterocycles. The van der Waals surface area contributed by atoms with Crippen LogP contribution >= 0.6 is 0 Å². The van der Waals surface area contributed by atoms with Crippen LogP contribution in [-0.2, 0) is 0 Å². The molecule has 0 aromatic rings. The van der Waals surface area contributed by atoms with E-state index < -0.39 is 0 Å². The first kappa shape index (κ1) is 41.5. The Balaban J connectivity index is 1.99. The van der Waals surface area contributed by atoms with Gasteiger partial charge in [0.25, 0.3) is 0 Å². The van der Waals surface area contributed by atoms with Crippen molar-refractivity contribution in [3.05, 3.63) is 0 Å². The van der Waals surface area contributed by atoms with Gasteiger partial charge in [-0.3, -0.25) is 9.48 Å². The zero-order valence-corrected chi connectivity index (χ0v) is 31.2.